The van der Waals surface area contributed by atoms with Gasteiger partial charge in [-0.15, -0.1) is 0 Å². The van der Waals surface area contributed by atoms with Crippen LogP contribution < -0.4 is 0 Å². The maximum absolute atomic E-state index is 12.7. The van der Waals surface area contributed by atoms with Gasteiger partial charge in [-0.3, -0.25) is 13.8 Å². The summed E-state index contributed by atoms with van der Waals surface area (Å²) in [5.74, 6) is -0.336. The molecule has 0 heterocycles. The van der Waals surface area contributed by atoms with Crippen molar-refractivity contribution in [3.8, 4) is 0 Å². The van der Waals surface area contributed by atoms with Crippen molar-refractivity contribution in [1.82, 2.24) is 0 Å². The fourth-order valence-corrected chi connectivity index (χ4v) is 6.84. The van der Waals surface area contributed by atoms with Crippen LogP contribution in [0.5, 0.6) is 0 Å². The van der Waals surface area contributed by atoms with Crippen molar-refractivity contribution in [3.63, 3.8) is 0 Å². The summed E-state index contributed by atoms with van der Waals surface area (Å²) in [6.45, 7) is 4.93. The summed E-state index contributed by atoms with van der Waals surface area (Å²) in [6, 6.07) is 0. The van der Waals surface area contributed by atoms with Crippen LogP contribution in [-0.2, 0) is 27.9 Å². The number of quaternary nitrogens is 1. The van der Waals surface area contributed by atoms with E-state index in [1.54, 1.807) is 6.26 Å². The number of esters is 1. The zero-order chi connectivity index (χ0) is 39.1. The second kappa shape index (κ2) is 37.7. The van der Waals surface area contributed by atoms with E-state index >= 15 is 0 Å². The van der Waals surface area contributed by atoms with Crippen LogP contribution in [0.25, 0.3) is 0 Å². The summed E-state index contributed by atoms with van der Waals surface area (Å²) in [6.07, 6.45) is 43.0. The van der Waals surface area contributed by atoms with E-state index in [-0.39, 0.29) is 25.8 Å². The summed E-state index contributed by atoms with van der Waals surface area (Å²) in [4.78, 5) is 22.8. The molecule has 0 aromatic rings. The third-order valence-corrected chi connectivity index (χ3v) is 10.6. The predicted molar refractivity (Wildman–Crippen MR) is 224 cm³/mol. The molecule has 0 saturated carbocycles. The average Bonchev–Trinajstić information content (AvgIpc) is 3.11. The largest absolute Gasteiger partial charge is 0.498 e. The van der Waals surface area contributed by atoms with Crippen LogP contribution in [0.1, 0.15) is 200 Å². The van der Waals surface area contributed by atoms with Crippen molar-refractivity contribution >= 4 is 13.8 Å². The Morgan fingerprint density at radius 2 is 1.00 bits per heavy atom. The first-order chi connectivity index (χ1) is 25.6. The van der Waals surface area contributed by atoms with Gasteiger partial charge in [0.15, 0.2) is 6.10 Å². The van der Waals surface area contributed by atoms with E-state index in [1.165, 1.54) is 141 Å². The van der Waals surface area contributed by atoms with Crippen LogP contribution >= 0.6 is 7.82 Å². The number of rotatable bonds is 41. The van der Waals surface area contributed by atoms with Crippen molar-refractivity contribution in [3.05, 3.63) is 24.5 Å². The standard InChI is InChI=1S/C44H86NO7P/c1-6-8-10-12-14-16-18-20-22-24-26-28-30-32-34-36-39-49-41-43(42-51-53(47,48)50-40-38-45(3,4)5)52-44(46)37-35-33-31-29-27-25-23-21-19-17-15-13-11-9-7-2/h20,22,36,39,43H,6-19,21,23-35,37-38,40-42H2,1-5H3/p+1/b22-20-,39-36-. The molecule has 0 rings (SSSR count). The lowest BCUT2D eigenvalue weighted by Crippen LogP contribution is -2.37. The van der Waals surface area contributed by atoms with E-state index in [0.29, 0.717) is 17.4 Å². The van der Waals surface area contributed by atoms with Gasteiger partial charge in [0.25, 0.3) is 0 Å². The third kappa shape index (κ3) is 41.8. The Balaban J connectivity index is 4.28. The number of hydrogen-bond donors (Lipinski definition) is 1. The van der Waals surface area contributed by atoms with E-state index in [9.17, 15) is 14.3 Å². The first kappa shape index (κ1) is 51.8. The molecule has 0 aromatic heterocycles. The zero-order valence-corrected chi connectivity index (χ0v) is 36.4. The van der Waals surface area contributed by atoms with E-state index in [0.717, 1.165) is 38.5 Å². The zero-order valence-electron chi connectivity index (χ0n) is 35.5. The minimum absolute atomic E-state index is 0.0467. The molecule has 0 spiro atoms. The Hall–Kier alpha value is -1.18. The smallest absolute Gasteiger partial charge is 0.472 e. The Kier molecular flexibility index (Phi) is 36.9. The molecule has 0 radical (unpaired) electrons. The normalized spacial score (nSPS) is 13.9. The van der Waals surface area contributed by atoms with Crippen molar-refractivity contribution in [2.24, 2.45) is 0 Å². The number of unbranched alkanes of at least 4 members (excludes halogenated alkanes) is 25. The summed E-state index contributed by atoms with van der Waals surface area (Å²) in [5, 5.41) is 0. The Bertz CT molecular complexity index is 905. The van der Waals surface area contributed by atoms with Gasteiger partial charge in [0.2, 0.25) is 0 Å². The molecule has 0 aromatic carbocycles. The SMILES string of the molecule is CCCCCCCC/C=C\CCCCCC/C=C\OCC(COP(=O)(O)OCC[N+](C)(C)C)OC(=O)CCCCCCCCCCCCCCCCC. The molecule has 0 aliphatic carbocycles. The van der Waals surface area contributed by atoms with Gasteiger partial charge in [0.1, 0.15) is 19.8 Å². The molecule has 314 valence electrons. The molecule has 0 saturated heterocycles. The molecule has 0 aliphatic heterocycles. The molecular formula is C44H87NO7P+. The molecule has 2 atom stereocenters. The van der Waals surface area contributed by atoms with E-state index < -0.39 is 13.9 Å². The predicted octanol–water partition coefficient (Wildman–Crippen LogP) is 13.2. The van der Waals surface area contributed by atoms with Crippen molar-refractivity contribution < 1.29 is 37.3 Å². The van der Waals surface area contributed by atoms with Gasteiger partial charge in [-0.25, -0.2) is 4.57 Å². The molecular weight excluding hydrogens is 685 g/mol. The average molecular weight is 773 g/mol. The lowest BCUT2D eigenvalue weighted by atomic mass is 10.0. The molecule has 8 nitrogen and oxygen atoms in total. The van der Waals surface area contributed by atoms with Gasteiger partial charge >= 0.3 is 13.8 Å². The molecule has 0 aliphatic rings. The van der Waals surface area contributed by atoms with Gasteiger partial charge in [0.05, 0.1) is 34.0 Å². The highest BCUT2D eigenvalue weighted by atomic mass is 31.2. The van der Waals surface area contributed by atoms with E-state index in [2.05, 4.69) is 26.0 Å². The van der Waals surface area contributed by atoms with Crippen molar-refractivity contribution in [2.45, 2.75) is 206 Å². The summed E-state index contributed by atoms with van der Waals surface area (Å²) in [5.41, 5.74) is 0. The highest BCUT2D eigenvalue weighted by Crippen LogP contribution is 2.43. The lowest BCUT2D eigenvalue weighted by molar-refractivity contribution is -0.870. The van der Waals surface area contributed by atoms with Crippen LogP contribution in [0.4, 0.5) is 0 Å². The second-order valence-corrected chi connectivity index (χ2v) is 17.6. The Morgan fingerprint density at radius 1 is 0.585 bits per heavy atom. The molecule has 9 heteroatoms. The van der Waals surface area contributed by atoms with Crippen LogP contribution in [0.3, 0.4) is 0 Å². The van der Waals surface area contributed by atoms with Gasteiger partial charge in [-0.05, 0) is 51.0 Å². The van der Waals surface area contributed by atoms with Gasteiger partial charge in [-0.2, -0.15) is 0 Å². The molecule has 53 heavy (non-hydrogen) atoms. The number of carbonyl (C=O) groups excluding carboxylic acids is 1. The number of phosphoric acid groups is 1. The maximum Gasteiger partial charge on any atom is 0.472 e. The minimum Gasteiger partial charge on any atom is -0.498 e. The number of allylic oxidation sites excluding steroid dienone is 3. The Labute approximate surface area is 328 Å². The quantitative estimate of drug-likeness (QED) is 0.0165. The van der Waals surface area contributed by atoms with Crippen molar-refractivity contribution in [2.75, 3.05) is 47.5 Å². The number of carbonyl (C=O) groups is 1. The summed E-state index contributed by atoms with van der Waals surface area (Å²) in [7, 11) is 1.64. The van der Waals surface area contributed by atoms with Crippen LogP contribution in [0.15, 0.2) is 24.5 Å². The van der Waals surface area contributed by atoms with Crippen LogP contribution in [-0.4, -0.2) is 69.0 Å². The number of likely N-dealkylation sites (N-methyl/N-ethyl adjacent to an activating group) is 1. The third-order valence-electron chi connectivity index (χ3n) is 9.58. The number of hydrogen-bond acceptors (Lipinski definition) is 6. The monoisotopic (exact) mass is 773 g/mol. The maximum atomic E-state index is 12.7. The van der Waals surface area contributed by atoms with Gasteiger partial charge < -0.3 is 18.9 Å². The highest BCUT2D eigenvalue weighted by molar-refractivity contribution is 7.47. The number of nitrogens with zero attached hydrogens (tertiary/aromatic N) is 1. The van der Waals surface area contributed by atoms with E-state index in [1.807, 2.05) is 27.2 Å². The first-order valence-corrected chi connectivity index (χ1v) is 23.6. The summed E-state index contributed by atoms with van der Waals surface area (Å²) >= 11 is 0. The number of phosphoric ester groups is 1. The topological polar surface area (TPSA) is 91.3 Å². The molecule has 0 bridgehead atoms. The number of ether oxygens (including phenoxy) is 2. The van der Waals surface area contributed by atoms with Gasteiger partial charge in [-0.1, -0.05) is 161 Å². The van der Waals surface area contributed by atoms with Crippen LogP contribution in [0, 0.1) is 0 Å². The molecule has 2 unspecified atom stereocenters. The lowest BCUT2D eigenvalue weighted by Gasteiger charge is -2.24. The van der Waals surface area contributed by atoms with E-state index in [4.69, 9.17) is 18.5 Å². The highest BCUT2D eigenvalue weighted by Gasteiger charge is 2.26. The second-order valence-electron chi connectivity index (χ2n) is 16.1. The van der Waals surface area contributed by atoms with Crippen molar-refractivity contribution in [1.29, 1.82) is 0 Å². The van der Waals surface area contributed by atoms with Crippen LogP contribution in [0.2, 0.25) is 0 Å². The minimum atomic E-state index is -4.29. The Morgan fingerprint density at radius 3 is 1.45 bits per heavy atom. The fraction of sp³-hybridized carbons (Fsp3) is 0.886. The fourth-order valence-electron chi connectivity index (χ4n) is 6.10. The molecule has 0 fully saturated rings. The van der Waals surface area contributed by atoms with Gasteiger partial charge in [0, 0.05) is 6.42 Å². The first-order valence-electron chi connectivity index (χ1n) is 22.1. The molecule has 1 N–H and O–H groups in total. The molecule has 0 amide bonds. The summed E-state index contributed by atoms with van der Waals surface area (Å²) < 4.78 is 34.7.